The molecule has 0 aromatic carbocycles. The molecule has 5 atom stereocenters. The molecule has 594 valence electrons. The number of aliphatic hydroxyl groups excluding tert-OH is 1. The molecular weight excluding hydrogens is 1380 g/mol. The molecule has 0 spiro atoms. The first kappa shape index (κ1) is 99.4. The van der Waals surface area contributed by atoms with Crippen LogP contribution in [0.1, 0.15) is 246 Å². The van der Waals surface area contributed by atoms with Crippen LogP contribution in [-0.2, 0) is 65.4 Å². The molecule has 106 heavy (non-hydrogen) atoms. The summed E-state index contributed by atoms with van der Waals surface area (Å²) in [5.74, 6) is -2.51. The lowest BCUT2D eigenvalue weighted by Gasteiger charge is -2.21. The van der Waals surface area contributed by atoms with E-state index in [0.29, 0.717) is 38.5 Å². The molecule has 0 aliphatic carbocycles. The Morgan fingerprint density at radius 3 is 0.868 bits per heavy atom. The normalized spacial score (nSPS) is 15.0. The molecule has 0 saturated carbocycles. The maximum Gasteiger partial charge on any atom is 0.472 e. The summed E-state index contributed by atoms with van der Waals surface area (Å²) in [6.45, 7) is 4.11. The Morgan fingerprint density at radius 1 is 0.274 bits per heavy atom. The second-order valence-electron chi connectivity index (χ2n) is 24.8. The van der Waals surface area contributed by atoms with Gasteiger partial charge in [0.15, 0.2) is 12.2 Å². The Kier molecular flexibility index (Phi) is 71.8. The molecule has 17 nitrogen and oxygen atoms in total. The van der Waals surface area contributed by atoms with E-state index in [0.717, 1.165) is 154 Å². The van der Waals surface area contributed by atoms with Gasteiger partial charge in [0, 0.05) is 19.3 Å². The number of rotatable bonds is 70. The molecule has 0 aliphatic rings. The molecule has 0 amide bonds. The average Bonchev–Trinajstić information content (AvgIpc) is 0.909. The van der Waals surface area contributed by atoms with Crippen molar-refractivity contribution in [3.8, 4) is 0 Å². The molecule has 0 radical (unpaired) electrons. The summed E-state index contributed by atoms with van der Waals surface area (Å²) in [5, 5.41) is 10.6. The summed E-state index contributed by atoms with van der Waals surface area (Å²) >= 11 is 0. The van der Waals surface area contributed by atoms with Gasteiger partial charge in [-0.2, -0.15) is 0 Å². The van der Waals surface area contributed by atoms with E-state index >= 15 is 0 Å². The monoisotopic (exact) mass is 1510 g/mol. The summed E-state index contributed by atoms with van der Waals surface area (Å²) in [6, 6.07) is 0. The van der Waals surface area contributed by atoms with E-state index in [1.54, 1.807) is 12.2 Å². The number of phosphoric acid groups is 2. The molecule has 3 N–H and O–H groups in total. The van der Waals surface area contributed by atoms with E-state index < -0.39 is 97.5 Å². The summed E-state index contributed by atoms with van der Waals surface area (Å²) in [4.78, 5) is 72.9. The molecule has 0 aromatic rings. The minimum absolute atomic E-state index is 0.0142. The summed E-state index contributed by atoms with van der Waals surface area (Å²) in [5.41, 5.74) is 0. The van der Waals surface area contributed by atoms with Gasteiger partial charge in [-0.05, 0) is 161 Å². The highest BCUT2D eigenvalue weighted by atomic mass is 31.2. The maximum absolute atomic E-state index is 13.1. The molecule has 0 bridgehead atoms. The van der Waals surface area contributed by atoms with Crippen LogP contribution in [0.3, 0.4) is 0 Å². The number of allylic oxidation sites excluding steroid dienone is 35. The molecule has 0 rings (SSSR count). The van der Waals surface area contributed by atoms with Crippen molar-refractivity contribution in [1.29, 1.82) is 0 Å². The van der Waals surface area contributed by atoms with Crippen molar-refractivity contribution in [2.24, 2.45) is 0 Å². The first-order valence-corrected chi connectivity index (χ1v) is 42.0. The summed E-state index contributed by atoms with van der Waals surface area (Å²) in [6.07, 6.45) is 96.9. The lowest BCUT2D eigenvalue weighted by Crippen LogP contribution is -2.30. The third kappa shape index (κ3) is 75.6. The molecular formula is C87H134O17P2. The zero-order valence-electron chi connectivity index (χ0n) is 64.8. The van der Waals surface area contributed by atoms with E-state index in [1.165, 1.54) is 0 Å². The Morgan fingerprint density at radius 2 is 0.519 bits per heavy atom. The number of unbranched alkanes of at least 4 members (excludes halogenated alkanes) is 9. The first-order valence-electron chi connectivity index (χ1n) is 39.0. The number of hydrogen-bond acceptors (Lipinski definition) is 15. The van der Waals surface area contributed by atoms with Crippen molar-refractivity contribution in [2.45, 2.75) is 264 Å². The molecule has 19 heteroatoms. The predicted octanol–water partition coefficient (Wildman–Crippen LogP) is 22.9. The van der Waals surface area contributed by atoms with Gasteiger partial charge in [-0.3, -0.25) is 37.3 Å². The summed E-state index contributed by atoms with van der Waals surface area (Å²) < 4.78 is 68.3. The number of phosphoric ester groups is 2. The number of aliphatic hydroxyl groups is 1. The highest BCUT2D eigenvalue weighted by Crippen LogP contribution is 2.45. The number of hydrogen-bond donors (Lipinski definition) is 3. The van der Waals surface area contributed by atoms with E-state index in [1.807, 2.05) is 36.5 Å². The first-order chi connectivity index (χ1) is 51.7. The van der Waals surface area contributed by atoms with Gasteiger partial charge < -0.3 is 33.8 Å². The quantitative estimate of drug-likeness (QED) is 0.0169. The van der Waals surface area contributed by atoms with Gasteiger partial charge in [0.05, 0.1) is 32.8 Å². The van der Waals surface area contributed by atoms with Crippen molar-refractivity contribution >= 4 is 39.5 Å². The minimum atomic E-state index is -5.03. The minimum Gasteiger partial charge on any atom is -0.462 e. The average molecular weight is 1510 g/mol. The summed E-state index contributed by atoms with van der Waals surface area (Å²) in [7, 11) is -10.0. The Balaban J connectivity index is 5.56. The number of carbonyl (C=O) groups excluding carboxylic acids is 4. The Hall–Kier alpha value is -6.62. The van der Waals surface area contributed by atoms with Gasteiger partial charge in [-0.1, -0.05) is 279 Å². The lowest BCUT2D eigenvalue weighted by atomic mass is 10.1. The Bertz CT molecular complexity index is 2880. The van der Waals surface area contributed by atoms with Crippen LogP contribution in [0, 0.1) is 0 Å². The Labute approximate surface area is 639 Å². The van der Waals surface area contributed by atoms with Crippen LogP contribution < -0.4 is 0 Å². The van der Waals surface area contributed by atoms with Crippen LogP contribution in [0.4, 0.5) is 0 Å². The molecule has 0 saturated heterocycles. The van der Waals surface area contributed by atoms with Crippen LogP contribution in [0.15, 0.2) is 219 Å². The van der Waals surface area contributed by atoms with Crippen LogP contribution in [0.2, 0.25) is 0 Å². The molecule has 5 unspecified atom stereocenters. The SMILES string of the molecule is CC/C=C\C/C=C\C/C=C\C/C=C\C/C=C\C/C=C\CCC(=O)OCC(COP(=O)(O)OCC(O)COP(=O)(O)OCC(COC(=O)CCCCCCCCC/C=C\C/C=C\C/C=C\CC)OC(=O)C/C=C\C/C=C\C/C=C\C/C=C\C/C=C\CC)OC(=O)CCCC/C=C\C/C=C\C/C=C\C/C=C\CC. The van der Waals surface area contributed by atoms with Crippen LogP contribution in [-0.4, -0.2) is 96.7 Å². The van der Waals surface area contributed by atoms with Gasteiger partial charge in [-0.15, -0.1) is 0 Å². The van der Waals surface area contributed by atoms with Gasteiger partial charge in [0.2, 0.25) is 0 Å². The van der Waals surface area contributed by atoms with E-state index in [4.69, 9.17) is 37.0 Å². The van der Waals surface area contributed by atoms with Gasteiger partial charge >= 0.3 is 39.5 Å². The number of ether oxygens (including phenoxy) is 4. The zero-order chi connectivity index (χ0) is 77.4. The van der Waals surface area contributed by atoms with Crippen molar-refractivity contribution < 1.29 is 80.2 Å². The highest BCUT2D eigenvalue weighted by Gasteiger charge is 2.30. The van der Waals surface area contributed by atoms with Crippen LogP contribution in [0.5, 0.6) is 0 Å². The zero-order valence-corrected chi connectivity index (χ0v) is 66.5. The van der Waals surface area contributed by atoms with Crippen molar-refractivity contribution in [3.63, 3.8) is 0 Å². The van der Waals surface area contributed by atoms with Crippen molar-refractivity contribution in [3.05, 3.63) is 219 Å². The largest absolute Gasteiger partial charge is 0.472 e. The molecule has 0 heterocycles. The van der Waals surface area contributed by atoms with Gasteiger partial charge in [0.1, 0.15) is 19.3 Å². The van der Waals surface area contributed by atoms with Crippen molar-refractivity contribution in [1.82, 2.24) is 0 Å². The second-order valence-corrected chi connectivity index (χ2v) is 27.7. The highest BCUT2D eigenvalue weighted by molar-refractivity contribution is 7.47. The number of esters is 4. The van der Waals surface area contributed by atoms with Crippen LogP contribution in [0.25, 0.3) is 0 Å². The standard InChI is InChI=1S/C87H134O17P2/c1-5-9-13-17-21-25-29-33-37-39-40-42-46-48-52-56-60-64-68-72-85(90)98-78-83(104-87(92)74-70-66-62-58-54-50-44-36-32-28-24-20-16-12-8-4)80-102-106(95,96)100-76-81(88)75-99-105(93,94)101-79-82(103-86(91)73-69-65-61-57-53-49-43-35-31-27-23-19-15-11-7-3)77-97-84(89)71-67-63-59-55-51-47-45-41-38-34-30-26-22-18-14-10-6-2/h9-16,21-28,33-38,40,42-44,48,52-54,57-58,60,64-65,69,81-83,88H,5-8,17-20,29-32,39,41,45-47,49-51,55-56,59,61-63,66-68,70-80H2,1-4H3,(H,93,94)(H,95,96)/b13-9-,14-10-,15-11-,16-12-,25-21-,26-22-,27-23-,28-24-,37-33-,38-34-,42-40-,43-35-,44-36-,52-48-,57-53-,58-54-,64-60-,69-65-. The smallest absolute Gasteiger partial charge is 0.462 e. The predicted molar refractivity (Wildman–Crippen MR) is 435 cm³/mol. The second kappa shape index (κ2) is 76.6. The van der Waals surface area contributed by atoms with E-state index in [-0.39, 0.29) is 25.7 Å². The van der Waals surface area contributed by atoms with Crippen LogP contribution >= 0.6 is 15.6 Å². The van der Waals surface area contributed by atoms with E-state index in [2.05, 4.69) is 198 Å². The fourth-order valence-electron chi connectivity index (χ4n) is 9.21. The number of carbonyl (C=O) groups is 4. The third-order valence-electron chi connectivity index (χ3n) is 15.0. The van der Waals surface area contributed by atoms with Gasteiger partial charge in [0.25, 0.3) is 0 Å². The molecule has 0 aliphatic heterocycles. The molecule has 0 fully saturated rings. The fraction of sp³-hybridized carbons (Fsp3) is 0.540. The topological polar surface area (TPSA) is 237 Å². The maximum atomic E-state index is 13.1. The third-order valence-corrected chi connectivity index (χ3v) is 16.9. The van der Waals surface area contributed by atoms with E-state index in [9.17, 15) is 43.2 Å². The molecule has 0 aromatic heterocycles. The van der Waals surface area contributed by atoms with Crippen molar-refractivity contribution in [2.75, 3.05) is 39.6 Å². The van der Waals surface area contributed by atoms with Gasteiger partial charge in [-0.25, -0.2) is 9.13 Å². The lowest BCUT2D eigenvalue weighted by molar-refractivity contribution is -0.161. The fourth-order valence-corrected chi connectivity index (χ4v) is 10.8.